The highest BCUT2D eigenvalue weighted by molar-refractivity contribution is 5.85. The summed E-state index contributed by atoms with van der Waals surface area (Å²) in [7, 11) is 0. The van der Waals surface area contributed by atoms with Crippen LogP contribution >= 0.6 is 12.4 Å². The number of hydrogen-bond acceptors (Lipinski definition) is 3. The largest absolute Gasteiger partial charge is 0.493 e. The molecule has 116 valence electrons. The van der Waals surface area contributed by atoms with Gasteiger partial charge in [0.1, 0.15) is 5.75 Å². The Morgan fingerprint density at radius 2 is 2.10 bits per heavy atom. The Morgan fingerprint density at radius 3 is 2.81 bits per heavy atom. The van der Waals surface area contributed by atoms with E-state index in [1.165, 1.54) is 12.8 Å². The van der Waals surface area contributed by atoms with Crippen molar-refractivity contribution in [3.63, 3.8) is 0 Å². The lowest BCUT2D eigenvalue weighted by Crippen LogP contribution is -2.40. The first-order valence-corrected chi connectivity index (χ1v) is 7.55. The second-order valence-electron chi connectivity index (χ2n) is 5.73. The van der Waals surface area contributed by atoms with Crippen molar-refractivity contribution >= 4 is 18.3 Å². The summed E-state index contributed by atoms with van der Waals surface area (Å²) in [5.74, 6) is 1.74. The van der Waals surface area contributed by atoms with E-state index in [-0.39, 0.29) is 24.4 Å². The van der Waals surface area contributed by atoms with Gasteiger partial charge in [0.2, 0.25) is 5.91 Å². The van der Waals surface area contributed by atoms with Gasteiger partial charge in [-0.2, -0.15) is 0 Å². The first-order valence-electron chi connectivity index (χ1n) is 7.55. The van der Waals surface area contributed by atoms with Crippen LogP contribution in [-0.4, -0.2) is 25.1 Å². The van der Waals surface area contributed by atoms with E-state index in [4.69, 9.17) is 4.74 Å². The van der Waals surface area contributed by atoms with Crippen molar-refractivity contribution in [1.29, 1.82) is 0 Å². The third kappa shape index (κ3) is 4.61. The summed E-state index contributed by atoms with van der Waals surface area (Å²) in [5, 5.41) is 6.22. The minimum atomic E-state index is -0.0189. The molecule has 21 heavy (non-hydrogen) atoms. The normalized spacial score (nSPS) is 20.7. The predicted molar refractivity (Wildman–Crippen MR) is 84.8 cm³/mol. The van der Waals surface area contributed by atoms with Crippen molar-refractivity contribution in [2.75, 3.05) is 13.2 Å². The maximum absolute atomic E-state index is 12.0. The molecule has 1 aliphatic carbocycles. The topological polar surface area (TPSA) is 50.4 Å². The summed E-state index contributed by atoms with van der Waals surface area (Å²) in [6.45, 7) is 2.28. The molecule has 1 saturated carbocycles. The van der Waals surface area contributed by atoms with E-state index >= 15 is 0 Å². The smallest absolute Gasteiger partial charge is 0.237 e. The maximum atomic E-state index is 12.0. The number of rotatable bonds is 6. The van der Waals surface area contributed by atoms with Gasteiger partial charge in [-0.15, -0.1) is 12.4 Å². The molecule has 0 radical (unpaired) electrons. The first kappa shape index (κ1) is 16.1. The van der Waals surface area contributed by atoms with Gasteiger partial charge < -0.3 is 15.4 Å². The highest BCUT2D eigenvalue weighted by Gasteiger charge is 2.23. The van der Waals surface area contributed by atoms with Gasteiger partial charge in [-0.3, -0.25) is 4.79 Å². The quantitative estimate of drug-likeness (QED) is 0.847. The Bertz CT molecular complexity index is 471. The molecule has 0 bridgehead atoms. The molecule has 1 heterocycles. The van der Waals surface area contributed by atoms with E-state index in [0.717, 1.165) is 43.2 Å². The monoisotopic (exact) mass is 310 g/mol. The van der Waals surface area contributed by atoms with Crippen molar-refractivity contribution in [3.05, 3.63) is 29.8 Å². The molecular formula is C16H23ClN2O2. The van der Waals surface area contributed by atoms with Gasteiger partial charge in [-0.25, -0.2) is 0 Å². The second-order valence-corrected chi connectivity index (χ2v) is 5.73. The Kier molecular flexibility index (Phi) is 5.88. The number of carbonyl (C=O) groups is 1. The van der Waals surface area contributed by atoms with Crippen molar-refractivity contribution in [2.24, 2.45) is 5.92 Å². The number of nitrogens with one attached hydrogen (secondary N) is 2. The Hall–Kier alpha value is -1.26. The number of halogens is 1. The van der Waals surface area contributed by atoms with Crippen molar-refractivity contribution < 1.29 is 9.53 Å². The van der Waals surface area contributed by atoms with E-state index in [9.17, 15) is 4.79 Å². The van der Waals surface area contributed by atoms with Gasteiger partial charge in [0.25, 0.3) is 0 Å². The highest BCUT2D eigenvalue weighted by atomic mass is 35.5. The minimum absolute atomic E-state index is 0. The van der Waals surface area contributed by atoms with E-state index in [1.54, 1.807) is 0 Å². The molecule has 1 aromatic carbocycles. The van der Waals surface area contributed by atoms with Crippen LogP contribution in [-0.2, 0) is 11.3 Å². The zero-order chi connectivity index (χ0) is 13.8. The fraction of sp³-hybridized carbons (Fsp3) is 0.562. The number of hydrogen-bond donors (Lipinski definition) is 2. The number of ether oxygens (including phenoxy) is 1. The molecule has 1 unspecified atom stereocenters. The van der Waals surface area contributed by atoms with E-state index in [0.29, 0.717) is 6.54 Å². The summed E-state index contributed by atoms with van der Waals surface area (Å²) >= 11 is 0. The number of benzene rings is 1. The summed E-state index contributed by atoms with van der Waals surface area (Å²) in [6.07, 6.45) is 4.59. The van der Waals surface area contributed by atoms with Crippen LogP contribution in [0.1, 0.15) is 31.2 Å². The first-order chi connectivity index (χ1) is 9.83. The minimum Gasteiger partial charge on any atom is -0.493 e. The molecule has 2 fully saturated rings. The Morgan fingerprint density at radius 1 is 1.29 bits per heavy atom. The Balaban J connectivity index is 0.00000161. The van der Waals surface area contributed by atoms with Gasteiger partial charge >= 0.3 is 0 Å². The van der Waals surface area contributed by atoms with Crippen LogP contribution in [0.2, 0.25) is 0 Å². The van der Waals surface area contributed by atoms with E-state index < -0.39 is 0 Å². The molecule has 2 N–H and O–H groups in total. The zero-order valence-electron chi connectivity index (χ0n) is 12.1. The molecular weight excluding hydrogens is 288 g/mol. The van der Waals surface area contributed by atoms with Crippen LogP contribution in [0.15, 0.2) is 24.3 Å². The van der Waals surface area contributed by atoms with Crippen LogP contribution < -0.4 is 15.4 Å². The van der Waals surface area contributed by atoms with Crippen LogP contribution in [0.3, 0.4) is 0 Å². The second kappa shape index (κ2) is 7.66. The molecule has 1 aromatic rings. The molecule has 1 amide bonds. The molecule has 2 aliphatic rings. The fourth-order valence-corrected chi connectivity index (χ4v) is 2.50. The van der Waals surface area contributed by atoms with Crippen molar-refractivity contribution in [3.8, 4) is 5.75 Å². The van der Waals surface area contributed by atoms with Crippen LogP contribution in [0, 0.1) is 5.92 Å². The average Bonchev–Trinajstić information content (AvgIpc) is 3.14. The van der Waals surface area contributed by atoms with Gasteiger partial charge in [0.15, 0.2) is 0 Å². The molecule has 5 heteroatoms. The van der Waals surface area contributed by atoms with Gasteiger partial charge in [0.05, 0.1) is 12.6 Å². The lowest BCUT2D eigenvalue weighted by atomic mass is 10.1. The van der Waals surface area contributed by atoms with Crippen LogP contribution in [0.25, 0.3) is 0 Å². The molecule has 0 aromatic heterocycles. The molecule has 1 saturated heterocycles. The van der Waals surface area contributed by atoms with E-state index in [1.807, 2.05) is 24.3 Å². The van der Waals surface area contributed by atoms with Gasteiger partial charge in [-0.05, 0) is 44.2 Å². The zero-order valence-corrected chi connectivity index (χ0v) is 13.0. The third-order valence-electron chi connectivity index (χ3n) is 3.97. The number of carbonyl (C=O) groups excluding carboxylic acids is 1. The lowest BCUT2D eigenvalue weighted by Gasteiger charge is -2.14. The van der Waals surface area contributed by atoms with Gasteiger partial charge in [0, 0.05) is 12.1 Å². The summed E-state index contributed by atoms with van der Waals surface area (Å²) in [4.78, 5) is 12.0. The molecule has 1 atom stereocenters. The number of amides is 1. The van der Waals surface area contributed by atoms with Gasteiger partial charge in [-0.1, -0.05) is 18.2 Å². The summed E-state index contributed by atoms with van der Waals surface area (Å²) in [6, 6.07) is 7.95. The summed E-state index contributed by atoms with van der Waals surface area (Å²) in [5.41, 5.74) is 1.06. The SMILES string of the molecule is Cl.O=C(NCc1ccccc1OCC1CC1)C1CCCN1. The summed E-state index contributed by atoms with van der Waals surface area (Å²) < 4.78 is 5.85. The third-order valence-corrected chi connectivity index (χ3v) is 3.97. The fourth-order valence-electron chi connectivity index (χ4n) is 2.50. The number of para-hydroxylation sites is 1. The van der Waals surface area contributed by atoms with Crippen LogP contribution in [0.4, 0.5) is 0 Å². The molecule has 3 rings (SSSR count). The molecule has 0 spiro atoms. The van der Waals surface area contributed by atoms with E-state index in [2.05, 4.69) is 10.6 Å². The lowest BCUT2D eigenvalue weighted by molar-refractivity contribution is -0.122. The van der Waals surface area contributed by atoms with Crippen molar-refractivity contribution in [1.82, 2.24) is 10.6 Å². The average molecular weight is 311 g/mol. The highest BCUT2D eigenvalue weighted by Crippen LogP contribution is 2.30. The molecule has 4 nitrogen and oxygen atoms in total. The van der Waals surface area contributed by atoms with Crippen molar-refractivity contribution in [2.45, 2.75) is 38.3 Å². The Labute approximate surface area is 132 Å². The maximum Gasteiger partial charge on any atom is 0.237 e. The predicted octanol–water partition coefficient (Wildman–Crippen LogP) is 2.27. The molecule has 1 aliphatic heterocycles. The van der Waals surface area contributed by atoms with Crippen LogP contribution in [0.5, 0.6) is 5.75 Å². The standard InChI is InChI=1S/C16H22N2O2.ClH/c19-16(14-5-3-9-17-14)18-10-13-4-1-2-6-15(13)20-11-12-7-8-12;/h1-2,4,6,12,14,17H,3,5,7-11H2,(H,18,19);1H.